The molecule has 0 unspecified atom stereocenters. The quantitative estimate of drug-likeness (QED) is 0.475. The minimum absolute atomic E-state index is 0.170. The highest BCUT2D eigenvalue weighted by atomic mass is 19.1. The van der Waals surface area contributed by atoms with Crippen molar-refractivity contribution >= 4 is 23.7 Å². The van der Waals surface area contributed by atoms with E-state index in [1.807, 2.05) is 10.2 Å². The first-order valence-corrected chi connectivity index (χ1v) is 8.13. The lowest BCUT2D eigenvalue weighted by Gasteiger charge is -2.14. The van der Waals surface area contributed by atoms with Gasteiger partial charge in [-0.25, -0.2) is 19.2 Å². The molecule has 1 amide bonds. The van der Waals surface area contributed by atoms with Gasteiger partial charge in [0.1, 0.15) is 12.4 Å². The number of rotatable bonds is 4. The van der Waals surface area contributed by atoms with Crippen molar-refractivity contribution in [1.82, 2.24) is 15.3 Å². The van der Waals surface area contributed by atoms with E-state index in [1.54, 1.807) is 12.1 Å². The Balaban J connectivity index is 1.74. The number of hydrogen-bond donors (Lipinski definition) is 4. The highest BCUT2D eigenvalue weighted by Crippen LogP contribution is 2.25. The summed E-state index contributed by atoms with van der Waals surface area (Å²) in [5.74, 6) is -0.603. The first-order valence-electron chi connectivity index (χ1n) is 8.13. The lowest BCUT2D eigenvalue weighted by atomic mass is 10.1. The van der Waals surface area contributed by atoms with Gasteiger partial charge >= 0.3 is 6.09 Å². The average Bonchev–Trinajstić information content (AvgIpc) is 3.07. The van der Waals surface area contributed by atoms with Crippen molar-refractivity contribution in [1.29, 1.82) is 10.8 Å². The molecule has 5 N–H and O–H groups in total. The molecule has 0 radical (unpaired) electrons. The van der Waals surface area contributed by atoms with Crippen LogP contribution < -0.4 is 16.0 Å². The Morgan fingerprint density at radius 1 is 1.37 bits per heavy atom. The van der Waals surface area contributed by atoms with Crippen LogP contribution in [0.2, 0.25) is 0 Å². The monoisotopic (exact) mass is 371 g/mol. The zero-order valence-electron chi connectivity index (χ0n) is 14.3. The summed E-state index contributed by atoms with van der Waals surface area (Å²) in [6.07, 6.45) is 2.81. The van der Waals surface area contributed by atoms with Gasteiger partial charge in [0.05, 0.1) is 6.54 Å². The molecule has 1 aliphatic rings. The summed E-state index contributed by atoms with van der Waals surface area (Å²) >= 11 is 0. The van der Waals surface area contributed by atoms with Gasteiger partial charge in [0, 0.05) is 47.8 Å². The van der Waals surface area contributed by atoms with E-state index < -0.39 is 17.9 Å². The Hall–Kier alpha value is -3.56. The van der Waals surface area contributed by atoms with Gasteiger partial charge in [-0.1, -0.05) is 18.2 Å². The van der Waals surface area contributed by atoms with Gasteiger partial charge in [-0.3, -0.25) is 10.7 Å². The number of benzene rings is 1. The van der Waals surface area contributed by atoms with Crippen LogP contribution in [-0.2, 0) is 11.3 Å². The number of alkyl carbamates (subject to hydrolysis) is 1. The van der Waals surface area contributed by atoms with Crippen LogP contribution in [0.3, 0.4) is 0 Å². The van der Waals surface area contributed by atoms with Crippen molar-refractivity contribution in [2.75, 3.05) is 18.0 Å². The number of nitrogens with zero attached hydrogens (tertiary/aromatic N) is 3. The zero-order chi connectivity index (χ0) is 19.4. The summed E-state index contributed by atoms with van der Waals surface area (Å²) in [6, 6.07) is 4.71. The van der Waals surface area contributed by atoms with Crippen LogP contribution in [0, 0.1) is 16.6 Å². The van der Waals surface area contributed by atoms with Crippen molar-refractivity contribution in [3.05, 3.63) is 42.0 Å². The molecule has 1 saturated heterocycles. The molecular formula is C17H18FN7O2. The zero-order valence-corrected chi connectivity index (χ0v) is 14.3. The third-order valence-electron chi connectivity index (χ3n) is 3.97. The Bertz CT molecular complexity index is 885. The van der Waals surface area contributed by atoms with E-state index in [0.717, 1.165) is 0 Å². The fourth-order valence-electron chi connectivity index (χ4n) is 2.66. The second-order valence-electron chi connectivity index (χ2n) is 5.94. The van der Waals surface area contributed by atoms with E-state index in [-0.39, 0.29) is 17.7 Å². The Morgan fingerprint density at radius 3 is 2.74 bits per heavy atom. The van der Waals surface area contributed by atoms with Crippen LogP contribution in [0.5, 0.6) is 0 Å². The van der Waals surface area contributed by atoms with Gasteiger partial charge in [0.2, 0.25) is 5.95 Å². The molecule has 1 aromatic carbocycles. The van der Waals surface area contributed by atoms with E-state index in [9.17, 15) is 9.18 Å². The summed E-state index contributed by atoms with van der Waals surface area (Å²) < 4.78 is 19.6. The number of hydrogen-bond acceptors (Lipinski definition) is 7. The standard InChI is InChI=1S/C17H18FN7O2/c18-14-10(9-27-17(26)24-15(20)21)2-1-3-13(14)11-6-22-16(23-7-11)25-5-4-12(19)8-25/h1-3,6-7,19H,4-5,8-9H2,(H4,20,21,24,26). The van der Waals surface area contributed by atoms with Gasteiger partial charge in [0.15, 0.2) is 5.96 Å². The van der Waals surface area contributed by atoms with Crippen molar-refractivity contribution in [3.63, 3.8) is 0 Å². The SMILES string of the molecule is N=C1CCN(c2ncc(-c3cccc(COC(=O)NC(=N)N)c3F)cn2)C1. The predicted octanol–water partition coefficient (Wildman–Crippen LogP) is 1.63. The molecule has 1 aliphatic heterocycles. The maximum atomic E-state index is 14.8. The minimum Gasteiger partial charge on any atom is -0.444 e. The lowest BCUT2D eigenvalue weighted by molar-refractivity contribution is 0.143. The number of amides is 1. The van der Waals surface area contributed by atoms with E-state index in [2.05, 4.69) is 9.97 Å². The normalized spacial score (nSPS) is 13.5. The highest BCUT2D eigenvalue weighted by Gasteiger charge is 2.19. The second-order valence-corrected chi connectivity index (χ2v) is 5.94. The molecule has 0 aliphatic carbocycles. The number of carbonyl (C=O) groups is 1. The Kier molecular flexibility index (Phi) is 5.25. The number of aromatic nitrogens is 2. The predicted molar refractivity (Wildman–Crippen MR) is 97.2 cm³/mol. The maximum absolute atomic E-state index is 14.8. The van der Waals surface area contributed by atoms with Crippen LogP contribution >= 0.6 is 0 Å². The van der Waals surface area contributed by atoms with Crippen molar-refractivity contribution < 1.29 is 13.9 Å². The largest absolute Gasteiger partial charge is 0.444 e. The molecule has 27 heavy (non-hydrogen) atoms. The molecule has 0 spiro atoms. The van der Waals surface area contributed by atoms with Crippen molar-refractivity contribution in [2.24, 2.45) is 5.73 Å². The number of anilines is 1. The summed E-state index contributed by atoms with van der Waals surface area (Å²) in [6.45, 7) is 0.887. The van der Waals surface area contributed by atoms with Crippen molar-refractivity contribution in [2.45, 2.75) is 13.0 Å². The van der Waals surface area contributed by atoms with Gasteiger partial charge in [-0.2, -0.15) is 0 Å². The first-order chi connectivity index (χ1) is 12.9. The molecule has 9 nitrogen and oxygen atoms in total. The third kappa shape index (κ3) is 4.35. The van der Waals surface area contributed by atoms with E-state index >= 15 is 0 Å². The molecule has 3 rings (SSSR count). The number of nitrogens with one attached hydrogen (secondary N) is 3. The van der Waals surface area contributed by atoms with Gasteiger partial charge in [-0.05, 0) is 0 Å². The number of guanidine groups is 1. The second kappa shape index (κ2) is 7.77. The molecule has 0 saturated carbocycles. The molecule has 1 aromatic heterocycles. The summed E-state index contributed by atoms with van der Waals surface area (Å²) in [7, 11) is 0. The van der Waals surface area contributed by atoms with Crippen LogP contribution in [0.15, 0.2) is 30.6 Å². The van der Waals surface area contributed by atoms with E-state index in [4.69, 9.17) is 21.3 Å². The molecule has 10 heteroatoms. The molecule has 2 heterocycles. The minimum atomic E-state index is -0.934. The highest BCUT2D eigenvalue weighted by molar-refractivity contribution is 5.91. The molecular weight excluding hydrogens is 353 g/mol. The molecule has 140 valence electrons. The summed E-state index contributed by atoms with van der Waals surface area (Å²) in [5, 5.41) is 16.6. The number of halogens is 1. The van der Waals surface area contributed by atoms with Crippen LogP contribution in [-0.4, -0.2) is 40.8 Å². The van der Waals surface area contributed by atoms with Crippen LogP contribution in [0.4, 0.5) is 15.1 Å². The van der Waals surface area contributed by atoms with E-state index in [1.165, 1.54) is 18.5 Å². The van der Waals surface area contributed by atoms with Crippen LogP contribution in [0.1, 0.15) is 12.0 Å². The number of nitrogens with two attached hydrogens (primary N) is 1. The van der Waals surface area contributed by atoms with Crippen molar-refractivity contribution in [3.8, 4) is 11.1 Å². The molecule has 0 bridgehead atoms. The first kappa shape index (κ1) is 18.2. The fraction of sp³-hybridized carbons (Fsp3) is 0.235. The lowest BCUT2D eigenvalue weighted by Crippen LogP contribution is -2.36. The van der Waals surface area contributed by atoms with Gasteiger partial charge < -0.3 is 20.8 Å². The van der Waals surface area contributed by atoms with Gasteiger partial charge in [-0.15, -0.1) is 0 Å². The smallest absolute Gasteiger partial charge is 0.414 e. The topological polar surface area (TPSA) is 141 Å². The number of ether oxygens (including phenoxy) is 1. The molecule has 0 atom stereocenters. The molecule has 1 fully saturated rings. The summed E-state index contributed by atoms with van der Waals surface area (Å²) in [5.41, 5.74) is 6.60. The molecule has 2 aromatic rings. The third-order valence-corrected chi connectivity index (χ3v) is 3.97. The van der Waals surface area contributed by atoms with E-state index in [0.29, 0.717) is 36.7 Å². The Morgan fingerprint density at radius 2 is 2.11 bits per heavy atom. The average molecular weight is 371 g/mol. The van der Waals surface area contributed by atoms with Gasteiger partial charge in [0.25, 0.3) is 0 Å². The number of carbonyl (C=O) groups excluding carboxylic acids is 1. The summed E-state index contributed by atoms with van der Waals surface area (Å²) in [4.78, 5) is 21.8. The van der Waals surface area contributed by atoms with Crippen LogP contribution in [0.25, 0.3) is 11.1 Å². The fourth-order valence-corrected chi connectivity index (χ4v) is 2.66. The maximum Gasteiger partial charge on any atom is 0.414 e. The Labute approximate surface area is 154 Å².